The molecule has 0 aliphatic carbocycles. The van der Waals surface area contributed by atoms with E-state index in [2.05, 4.69) is 158 Å². The Morgan fingerprint density at radius 3 is 1.39 bits per heavy atom. The molecule has 143 heavy (non-hydrogen) atoms. The van der Waals surface area contributed by atoms with Crippen LogP contribution in [0.15, 0.2) is 125 Å². The number of nitrogens with zero attached hydrogens (tertiary/aromatic N) is 27. The Balaban J connectivity index is 0.000000187. The van der Waals surface area contributed by atoms with Gasteiger partial charge in [0.2, 0.25) is 11.8 Å². The molecule has 2 aromatic carbocycles. The fraction of sp³-hybridized carbons (Fsp3) is 0.470. The highest BCUT2D eigenvalue weighted by molar-refractivity contribution is 7.76. The zero-order chi connectivity index (χ0) is 105. The number of nitrogens with one attached hydrogen (secondary N) is 4. The predicted molar refractivity (Wildman–Crippen MR) is 486 cm³/mol. The SMILES string of the molecule is CC(C)=NO[C@@H]1C[C@H](n2cnc3c(=O)[nH]c(N=[N+]=[N-])nc32)O[C@@H]1COP(=O)(O)OP(=O)(O)OP(=O)(O)O.CC[C@H]1O[C@@H](n2cnc3c(OCc4ccccc4)nc(N=[N+]=[N-])nc32)C[C@H]1ON=C(C)C.CC[C@H]1O[C@@H](n2cnc3c2NC(N=[N+]=[N-])NC3=O)C[C@H]1ON=C(C)C.CON.O=C1OP(Cl)Oc2ccccc21.[N-]=[N+]=Nc1nc2c(ncn2[C@H]2C[C@@H](ON)[C@@H](COP(=O)(O)OP(=O)(O)OP(=O)(O)O)O2)c(=O)[nH]1. The van der Waals surface area contributed by atoms with Gasteiger partial charge in [-0.25, -0.2) is 78.9 Å². The Hall–Kier alpha value is -11.9. The standard InChI is InChI=1S/C21H24N8O3.C14H20N8O3.C13H19N8O13P3.C10H15N8O13P3.C7H4ClO3P.CH5NO/c1-4-15-16(32-27-13(2)3)10-17(31-15)29-12-23-18-19(29)24-21(26-28-22)25-20(18)30-11-14-8-6-5-7-9-14;1-4-8-9(25-20-7(2)3)5-10(24-8)22-6-16-11-12(22)17-14(19-21-15)18-13(11)23;1-6(2)19-32-7-3-9(21-5-15-10-11(21)16-13(18-20-14)17-12(10)22)31-8(7)4-30-36(26,27)34-37(28,29)33-35(23,24)25;11-17-16-10-14-8-7(9(19)15-10)13-3-18(8)6-1-4(29-12)5(28-6)2-27-33(23,24)31-34(25,26)30-32(20,21)22;8-12-10-6-4-2-1-3-5(6)7(9)11-12;1-3-2/h5-9,12,15-17H,4,10-11H2,1-3H3;6,8-10,14,17H,4-5H2,1-3H3,(H,18,23);5,7-9H,3-4H2,1-2H3,(H,26,27)(H,28,29)(H,16,17,22)(H2,23,24,25);3-6H,1-2,12H2,(H,23,24)(H,25,26)(H,14,15,19)(H2,20,21,22);1-4H;2H2,1H3/t15-,16-,17-;8-,9-,10-,14?;7-,8-,9-;4-,5-,6-;;/m1111../s1. The first kappa shape index (κ1) is 113. The second-order valence-corrected chi connectivity index (χ2v) is 40.1. The van der Waals surface area contributed by atoms with Gasteiger partial charge in [-0.15, -0.1) is 0 Å². The van der Waals surface area contributed by atoms with E-state index in [9.17, 15) is 66.1 Å². The molecular weight excluding hydrogens is 2080 g/mol. The molecule has 77 heteroatoms. The number of benzene rings is 2. The maximum Gasteiger partial charge on any atom is 0.490 e. The number of ether oxygens (including phenoxy) is 5. The van der Waals surface area contributed by atoms with Crippen molar-refractivity contribution in [3.8, 4) is 11.6 Å². The Morgan fingerprint density at radius 1 is 0.524 bits per heavy atom. The van der Waals surface area contributed by atoms with Crippen molar-refractivity contribution >= 4 is 152 Å². The molecule has 1 amide bonds. The number of azide groups is 4. The van der Waals surface area contributed by atoms with E-state index in [0.717, 1.165) is 29.8 Å². The largest absolute Gasteiger partial charge is 0.490 e. The van der Waals surface area contributed by atoms with Gasteiger partial charge in [-0.05, 0) is 126 Å². The van der Waals surface area contributed by atoms with Crippen molar-refractivity contribution in [1.82, 2.24) is 73.4 Å². The molecule has 69 nitrogen and oxygen atoms in total. The molecule has 0 spiro atoms. The Labute approximate surface area is 806 Å². The monoisotopic (exact) mass is 2170 g/mol. The smallest absolute Gasteiger partial charge is 0.471 e. The van der Waals surface area contributed by atoms with Gasteiger partial charge < -0.3 is 112 Å². The summed E-state index contributed by atoms with van der Waals surface area (Å²) < 4.78 is 137. The lowest BCUT2D eigenvalue weighted by Crippen LogP contribution is -2.44. The molecule has 4 fully saturated rings. The number of carbonyl (C=O) groups excluding carboxylic acids is 2. The molecule has 4 saturated heterocycles. The lowest BCUT2D eigenvalue weighted by atomic mass is 10.1. The number of imidazole rings is 4. The number of nitrogens with two attached hydrogens (primary N) is 2. The Bertz CT molecular complexity index is 6780. The Morgan fingerprint density at radius 2 is 0.944 bits per heavy atom. The highest BCUT2D eigenvalue weighted by Gasteiger charge is 2.48. The van der Waals surface area contributed by atoms with Gasteiger partial charge in [0.1, 0.15) is 67.0 Å². The number of carbonyl (C=O) groups is 2. The van der Waals surface area contributed by atoms with Crippen LogP contribution < -0.4 is 42.8 Å². The van der Waals surface area contributed by atoms with E-state index in [1.54, 1.807) is 53.6 Å². The number of phosphoric ester groups is 2. The van der Waals surface area contributed by atoms with Crippen LogP contribution in [0, 0.1) is 0 Å². The van der Waals surface area contributed by atoms with Crippen LogP contribution in [0.1, 0.15) is 145 Å². The molecule has 16 N–H and O–H groups in total. The van der Waals surface area contributed by atoms with Crippen molar-refractivity contribution < 1.29 is 159 Å². The summed E-state index contributed by atoms with van der Waals surface area (Å²) in [6.07, 6.45) is -0.289. The first-order chi connectivity index (χ1) is 67.6. The summed E-state index contributed by atoms with van der Waals surface area (Å²) in [5, 5.41) is 30.9. The molecule has 6 unspecified atom stereocenters. The minimum atomic E-state index is -5.71. The molecule has 774 valence electrons. The van der Waals surface area contributed by atoms with Crippen LogP contribution in [0.2, 0.25) is 0 Å². The molecule has 15 rings (SSSR count). The molecule has 6 aliphatic rings. The summed E-state index contributed by atoms with van der Waals surface area (Å²) in [4.78, 5) is 193. The van der Waals surface area contributed by atoms with Crippen molar-refractivity contribution in [2.24, 2.45) is 47.7 Å². The van der Waals surface area contributed by atoms with Crippen LogP contribution in [0.5, 0.6) is 11.6 Å². The minimum absolute atomic E-state index is 0.00199. The van der Waals surface area contributed by atoms with Crippen LogP contribution in [0.3, 0.4) is 0 Å². The number of rotatable bonds is 34. The van der Waals surface area contributed by atoms with Gasteiger partial charge >= 0.3 is 60.6 Å². The zero-order valence-electron chi connectivity index (χ0n) is 75.1. The highest BCUT2D eigenvalue weighted by atomic mass is 35.7. The van der Waals surface area contributed by atoms with Crippen molar-refractivity contribution in [1.29, 1.82) is 0 Å². The van der Waals surface area contributed by atoms with E-state index < -0.39 is 134 Å². The van der Waals surface area contributed by atoms with Crippen LogP contribution in [0.25, 0.3) is 75.3 Å². The quantitative estimate of drug-likeness (QED) is 0.00445. The van der Waals surface area contributed by atoms with Gasteiger partial charge in [-0.3, -0.25) is 46.5 Å². The van der Waals surface area contributed by atoms with Crippen molar-refractivity contribution in [2.45, 2.75) is 181 Å². The van der Waals surface area contributed by atoms with Gasteiger partial charge in [0.05, 0.1) is 75.0 Å². The number of fused-ring (bicyclic) bond motifs is 5. The normalized spacial score (nSPS) is 23.0. The molecule has 13 heterocycles. The van der Waals surface area contributed by atoms with E-state index in [0.29, 0.717) is 46.8 Å². The molecule has 18 atom stereocenters. The summed E-state index contributed by atoms with van der Waals surface area (Å²) in [6, 6.07) is 16.5. The van der Waals surface area contributed by atoms with Crippen LogP contribution in [-0.2, 0) is 108 Å². The van der Waals surface area contributed by atoms with E-state index in [4.69, 9.17) is 106 Å². The number of aromatic nitrogens is 14. The second kappa shape index (κ2) is 50.6. The number of hydrogen-bond acceptors (Lipinski definition) is 46. The average Bonchev–Trinajstić information content (AvgIpc) is 1.64. The van der Waals surface area contributed by atoms with Crippen molar-refractivity contribution in [3.63, 3.8) is 0 Å². The van der Waals surface area contributed by atoms with Gasteiger partial charge in [0.25, 0.3) is 17.0 Å². The van der Waals surface area contributed by atoms with Crippen molar-refractivity contribution in [3.05, 3.63) is 159 Å². The molecule has 0 bridgehead atoms. The number of amides is 1. The van der Waals surface area contributed by atoms with Gasteiger partial charge in [-0.1, -0.05) is 71.8 Å². The molecular formula is C66H87ClN33O36P7. The lowest BCUT2D eigenvalue weighted by molar-refractivity contribution is -0.0600. The van der Waals surface area contributed by atoms with E-state index in [1.807, 2.05) is 71.9 Å². The number of hydrogen-bond donors (Lipinski definition) is 14. The fourth-order valence-corrected chi connectivity index (χ4v) is 20.2. The summed E-state index contributed by atoms with van der Waals surface area (Å²) in [6.45, 7) is 13.4. The Kier molecular flexibility index (Phi) is 40.0. The molecule has 9 aromatic rings. The first-order valence-corrected chi connectivity index (χ1v) is 51.7. The molecule has 6 aliphatic heterocycles. The van der Waals surface area contributed by atoms with Gasteiger partial charge in [0.15, 0.2) is 75.7 Å². The van der Waals surface area contributed by atoms with E-state index >= 15 is 0 Å². The number of oxime groups is 3. The summed E-state index contributed by atoms with van der Waals surface area (Å²) >= 11 is 5.54. The summed E-state index contributed by atoms with van der Waals surface area (Å²) in [5.74, 6) is 9.18. The van der Waals surface area contributed by atoms with Gasteiger partial charge in [0, 0.05) is 45.3 Å². The lowest BCUT2D eigenvalue weighted by Gasteiger charge is -2.24. The number of H-pyrrole nitrogens is 2. The fourth-order valence-electron chi connectivity index (χ4n) is 13.2. The molecule has 0 radical (unpaired) electrons. The van der Waals surface area contributed by atoms with Crippen LogP contribution >= 0.6 is 65.9 Å². The number of aromatic amines is 2. The zero-order valence-corrected chi connectivity index (χ0v) is 82.1. The third-order valence-corrected chi connectivity index (χ3v) is 27.4. The van der Waals surface area contributed by atoms with Crippen LogP contribution in [-0.4, -0.2) is 212 Å². The first-order valence-electron chi connectivity index (χ1n) is 40.5. The van der Waals surface area contributed by atoms with Crippen LogP contribution in [0.4, 0.5) is 23.7 Å². The topological polar surface area (TPSA) is 961 Å². The maximum absolute atomic E-state index is 12.2. The molecule has 0 saturated carbocycles. The van der Waals surface area contributed by atoms with Crippen molar-refractivity contribution in [2.75, 3.05) is 25.6 Å². The number of phosphoric acid groups is 6. The predicted octanol–water partition coefficient (Wildman–Crippen LogP) is 10.6. The number of halogens is 1. The molecule has 7 aromatic heterocycles. The minimum Gasteiger partial charge on any atom is -0.471 e. The third kappa shape index (κ3) is 32.3. The average molecular weight is 2170 g/mol. The number of anilines is 1. The summed E-state index contributed by atoms with van der Waals surface area (Å²) in [7, 11) is -33.6. The van der Waals surface area contributed by atoms with Gasteiger partial charge in [-0.2, -0.15) is 22.2 Å². The maximum atomic E-state index is 12.2. The van der Waals surface area contributed by atoms with E-state index in [1.165, 1.54) is 35.2 Å². The second-order valence-electron chi connectivity index (χ2n) is 29.7. The highest BCUT2D eigenvalue weighted by Crippen LogP contribution is 2.68. The summed E-state index contributed by atoms with van der Waals surface area (Å²) in [5.41, 5.74) is 37.6. The van der Waals surface area contributed by atoms with E-state index in [-0.39, 0.29) is 108 Å². The third-order valence-electron chi connectivity index (χ3n) is 18.7. The number of para-hydroxylation sites is 1.